The van der Waals surface area contributed by atoms with Crippen molar-refractivity contribution in [2.75, 3.05) is 18.8 Å². The maximum atomic E-state index is 13.0. The molecule has 132 valence electrons. The van der Waals surface area contributed by atoms with Gasteiger partial charge in [-0.3, -0.25) is 4.79 Å². The Hall–Kier alpha value is -1.20. The minimum absolute atomic E-state index is 0.0641. The SMILES string of the molecule is CCS(=O)(=O)N1CCC(C(=O)N2N=CCC2(O)C(F)(F)F)CC1. The number of nitrogens with zero attached hydrogens (tertiary/aromatic N) is 3. The topological polar surface area (TPSA) is 90.3 Å². The van der Waals surface area contributed by atoms with Gasteiger partial charge in [0.05, 0.1) is 5.75 Å². The van der Waals surface area contributed by atoms with Crippen molar-refractivity contribution in [1.82, 2.24) is 9.31 Å². The zero-order valence-corrected chi connectivity index (χ0v) is 13.3. The van der Waals surface area contributed by atoms with Crippen LogP contribution in [0, 0.1) is 5.92 Å². The molecule has 0 aromatic heterocycles. The van der Waals surface area contributed by atoms with E-state index < -0.39 is 40.2 Å². The van der Waals surface area contributed by atoms with E-state index in [0.29, 0.717) is 0 Å². The van der Waals surface area contributed by atoms with Crippen LogP contribution in [0.5, 0.6) is 0 Å². The molecule has 0 aromatic carbocycles. The minimum atomic E-state index is -5.02. The van der Waals surface area contributed by atoms with Crippen LogP contribution >= 0.6 is 0 Å². The Bertz CT molecular complexity index is 599. The first kappa shape index (κ1) is 18.1. The highest BCUT2D eigenvalue weighted by Crippen LogP contribution is 2.40. The number of carbonyl (C=O) groups is 1. The van der Waals surface area contributed by atoms with Crippen molar-refractivity contribution >= 4 is 22.1 Å². The van der Waals surface area contributed by atoms with E-state index in [1.807, 2.05) is 0 Å². The highest BCUT2D eigenvalue weighted by Gasteiger charge is 2.62. The second-order valence-corrected chi connectivity index (χ2v) is 7.80. The van der Waals surface area contributed by atoms with Crippen LogP contribution in [0.2, 0.25) is 0 Å². The molecule has 0 aromatic rings. The highest BCUT2D eigenvalue weighted by molar-refractivity contribution is 7.89. The van der Waals surface area contributed by atoms with Crippen LogP contribution in [0.25, 0.3) is 0 Å². The quantitative estimate of drug-likeness (QED) is 0.797. The first-order chi connectivity index (χ1) is 10.5. The van der Waals surface area contributed by atoms with Crippen LogP contribution in [-0.4, -0.2) is 65.7 Å². The van der Waals surface area contributed by atoms with Crippen LogP contribution in [-0.2, 0) is 14.8 Å². The molecule has 1 N–H and O–H groups in total. The maximum absolute atomic E-state index is 13.0. The van der Waals surface area contributed by atoms with Gasteiger partial charge in [-0.2, -0.15) is 23.3 Å². The number of hydrazone groups is 1. The molecule has 2 rings (SSSR count). The molecule has 0 radical (unpaired) electrons. The summed E-state index contributed by atoms with van der Waals surface area (Å²) in [6.07, 6.45) is -4.80. The van der Waals surface area contributed by atoms with Gasteiger partial charge in [-0.05, 0) is 19.8 Å². The summed E-state index contributed by atoms with van der Waals surface area (Å²) < 4.78 is 63.6. The number of hydrogen-bond donors (Lipinski definition) is 1. The van der Waals surface area contributed by atoms with Crippen LogP contribution < -0.4 is 0 Å². The molecule has 0 spiro atoms. The molecule has 23 heavy (non-hydrogen) atoms. The summed E-state index contributed by atoms with van der Waals surface area (Å²) in [5.41, 5.74) is -3.32. The van der Waals surface area contributed by atoms with Gasteiger partial charge in [-0.25, -0.2) is 12.7 Å². The average molecular weight is 357 g/mol. The van der Waals surface area contributed by atoms with E-state index in [2.05, 4.69) is 5.10 Å². The third kappa shape index (κ3) is 3.22. The predicted molar refractivity (Wildman–Crippen MR) is 74.7 cm³/mol. The van der Waals surface area contributed by atoms with Crippen LogP contribution in [0.15, 0.2) is 5.10 Å². The Morgan fingerprint density at radius 2 is 1.96 bits per heavy atom. The molecule has 0 aliphatic carbocycles. The molecule has 2 heterocycles. The van der Waals surface area contributed by atoms with Gasteiger partial charge in [-0.15, -0.1) is 0 Å². The van der Waals surface area contributed by atoms with Crippen LogP contribution in [0.3, 0.4) is 0 Å². The van der Waals surface area contributed by atoms with Crippen LogP contribution in [0.4, 0.5) is 13.2 Å². The smallest absolute Gasteiger partial charge is 0.362 e. The van der Waals surface area contributed by atoms with Crippen molar-refractivity contribution in [2.24, 2.45) is 11.0 Å². The van der Waals surface area contributed by atoms with E-state index in [1.165, 1.54) is 11.2 Å². The van der Waals surface area contributed by atoms with Gasteiger partial charge < -0.3 is 5.11 Å². The van der Waals surface area contributed by atoms with E-state index in [-0.39, 0.29) is 36.7 Å². The molecular weight excluding hydrogens is 339 g/mol. The normalized spacial score (nSPS) is 27.6. The maximum Gasteiger partial charge on any atom is 0.438 e. The van der Waals surface area contributed by atoms with Crippen molar-refractivity contribution in [3.8, 4) is 0 Å². The largest absolute Gasteiger partial charge is 0.438 e. The third-order valence-electron chi connectivity index (χ3n) is 4.15. The number of piperidine rings is 1. The Balaban J connectivity index is 2.07. The summed E-state index contributed by atoms with van der Waals surface area (Å²) in [6, 6.07) is 0. The lowest BCUT2D eigenvalue weighted by Gasteiger charge is -2.36. The lowest BCUT2D eigenvalue weighted by molar-refractivity contribution is -0.303. The summed E-state index contributed by atoms with van der Waals surface area (Å²) >= 11 is 0. The van der Waals surface area contributed by atoms with Gasteiger partial charge in [-0.1, -0.05) is 0 Å². The Labute approximate surface area is 131 Å². The summed E-state index contributed by atoms with van der Waals surface area (Å²) in [5.74, 6) is -1.81. The molecule has 1 unspecified atom stereocenters. The van der Waals surface area contributed by atoms with Gasteiger partial charge in [0, 0.05) is 31.6 Å². The predicted octanol–water partition coefficient (Wildman–Crippen LogP) is 0.517. The monoisotopic (exact) mass is 357 g/mol. The van der Waals surface area contributed by atoms with E-state index in [9.17, 15) is 31.5 Å². The van der Waals surface area contributed by atoms with E-state index in [4.69, 9.17) is 0 Å². The van der Waals surface area contributed by atoms with Gasteiger partial charge in [0.15, 0.2) is 0 Å². The molecule has 2 aliphatic heterocycles. The zero-order chi connectivity index (χ0) is 17.5. The Morgan fingerprint density at radius 1 is 1.39 bits per heavy atom. The molecule has 2 aliphatic rings. The van der Waals surface area contributed by atoms with Crippen molar-refractivity contribution in [3.63, 3.8) is 0 Å². The molecule has 1 amide bonds. The number of aliphatic hydroxyl groups is 1. The van der Waals surface area contributed by atoms with Gasteiger partial charge in [0.1, 0.15) is 0 Å². The fourth-order valence-corrected chi connectivity index (χ4v) is 3.78. The number of rotatable bonds is 3. The van der Waals surface area contributed by atoms with Gasteiger partial charge in [0.25, 0.3) is 5.72 Å². The summed E-state index contributed by atoms with van der Waals surface area (Å²) in [7, 11) is -3.39. The fourth-order valence-electron chi connectivity index (χ4n) is 2.64. The Kier molecular flexibility index (Phi) is 4.75. The van der Waals surface area contributed by atoms with E-state index in [1.54, 1.807) is 0 Å². The number of amides is 1. The molecule has 0 bridgehead atoms. The first-order valence-electron chi connectivity index (χ1n) is 7.16. The van der Waals surface area contributed by atoms with E-state index in [0.717, 1.165) is 6.21 Å². The van der Waals surface area contributed by atoms with Crippen molar-refractivity contribution in [3.05, 3.63) is 0 Å². The lowest BCUT2D eigenvalue weighted by atomic mass is 9.96. The second kappa shape index (κ2) is 6.02. The number of alkyl halides is 3. The standard InChI is InChI=1S/C12H18F3N3O4S/c1-2-23(21,22)17-7-3-9(4-8-17)10(19)18-11(20,5-6-16-18)12(13,14)15/h6,9,20H,2-5,7-8H2,1H3. The van der Waals surface area contributed by atoms with Crippen LogP contribution in [0.1, 0.15) is 26.2 Å². The van der Waals surface area contributed by atoms with Gasteiger partial charge >= 0.3 is 6.18 Å². The minimum Gasteiger partial charge on any atom is -0.362 e. The highest BCUT2D eigenvalue weighted by atomic mass is 32.2. The summed E-state index contributed by atoms with van der Waals surface area (Å²) in [5, 5.41) is 13.2. The van der Waals surface area contributed by atoms with E-state index >= 15 is 0 Å². The third-order valence-corrected chi connectivity index (χ3v) is 6.03. The van der Waals surface area contributed by atoms with Crippen molar-refractivity contribution in [2.45, 2.75) is 38.1 Å². The average Bonchev–Trinajstić information content (AvgIpc) is 2.89. The lowest BCUT2D eigenvalue weighted by Crippen LogP contribution is -2.58. The Morgan fingerprint density at radius 3 is 2.43 bits per heavy atom. The fraction of sp³-hybridized carbons (Fsp3) is 0.833. The molecule has 1 saturated heterocycles. The van der Waals surface area contributed by atoms with Crippen molar-refractivity contribution in [1.29, 1.82) is 0 Å². The number of sulfonamides is 1. The summed E-state index contributed by atoms with van der Waals surface area (Å²) in [6.45, 7) is 1.62. The molecule has 1 atom stereocenters. The number of halogens is 3. The molecule has 7 nitrogen and oxygen atoms in total. The van der Waals surface area contributed by atoms with Gasteiger partial charge in [0.2, 0.25) is 15.9 Å². The summed E-state index contributed by atoms with van der Waals surface area (Å²) in [4.78, 5) is 12.3. The second-order valence-electron chi connectivity index (χ2n) is 5.54. The molecule has 11 heteroatoms. The molecule has 0 saturated carbocycles. The molecule has 1 fully saturated rings. The molecular formula is C12H18F3N3O4S. The number of carbonyl (C=O) groups excluding carboxylic acids is 1. The number of hydrogen-bond acceptors (Lipinski definition) is 5. The first-order valence-corrected chi connectivity index (χ1v) is 8.77. The zero-order valence-electron chi connectivity index (χ0n) is 12.5. The van der Waals surface area contributed by atoms with Crippen molar-refractivity contribution < 1.29 is 31.5 Å².